The first-order chi connectivity index (χ1) is 9.30. The molecular weight excluding hydrogens is 260 g/mol. The first kappa shape index (κ1) is 16.2. The normalized spacial score (nSPS) is 11.4. The van der Waals surface area contributed by atoms with Crippen molar-refractivity contribution in [3.63, 3.8) is 0 Å². The van der Waals surface area contributed by atoms with Crippen LogP contribution in [0, 0.1) is 15.5 Å². The number of aromatic nitrogens is 1. The van der Waals surface area contributed by atoms with Crippen LogP contribution in [0.3, 0.4) is 0 Å². The van der Waals surface area contributed by atoms with E-state index in [0.717, 1.165) is 6.42 Å². The average Bonchev–Trinajstić information content (AvgIpc) is 2.87. The number of nitrogens with zero attached hydrogens (tertiary/aromatic N) is 2. The van der Waals surface area contributed by atoms with E-state index in [9.17, 15) is 14.9 Å². The Labute approximate surface area is 118 Å². The Balaban J connectivity index is 2.90. The Morgan fingerprint density at radius 3 is 2.60 bits per heavy atom. The molecule has 0 bridgehead atoms. The molecule has 0 radical (unpaired) electrons. The third kappa shape index (κ3) is 4.06. The highest BCUT2D eigenvalue weighted by Gasteiger charge is 2.26. The lowest BCUT2D eigenvalue weighted by Gasteiger charge is -2.31. The van der Waals surface area contributed by atoms with E-state index < -0.39 is 4.92 Å². The van der Waals surface area contributed by atoms with Crippen molar-refractivity contribution in [1.82, 2.24) is 9.88 Å². The van der Waals surface area contributed by atoms with E-state index in [0.29, 0.717) is 19.6 Å². The van der Waals surface area contributed by atoms with Gasteiger partial charge in [-0.1, -0.05) is 20.8 Å². The van der Waals surface area contributed by atoms with Gasteiger partial charge in [-0.15, -0.1) is 0 Å². The molecule has 0 saturated carbocycles. The van der Waals surface area contributed by atoms with Gasteiger partial charge >= 0.3 is 5.82 Å². The first-order valence-electron chi connectivity index (χ1n) is 6.63. The van der Waals surface area contributed by atoms with Crippen LogP contribution in [0.5, 0.6) is 0 Å². The topological polar surface area (TPSA) is 105 Å². The molecule has 1 rings (SSSR count). The third-order valence-corrected chi connectivity index (χ3v) is 3.05. The summed E-state index contributed by atoms with van der Waals surface area (Å²) in [6, 6.07) is 2.74. The molecule has 1 amide bonds. The summed E-state index contributed by atoms with van der Waals surface area (Å²) in [5.74, 6) is -0.413. The lowest BCUT2D eigenvalue weighted by Crippen LogP contribution is -2.42. The number of hydrogen-bond acceptors (Lipinski definition) is 4. The number of hydrogen-bond donors (Lipinski definition) is 2. The van der Waals surface area contributed by atoms with Crippen molar-refractivity contribution in [1.29, 1.82) is 0 Å². The summed E-state index contributed by atoms with van der Waals surface area (Å²) >= 11 is 0. The van der Waals surface area contributed by atoms with Crippen LogP contribution in [0.2, 0.25) is 0 Å². The minimum absolute atomic E-state index is 0.178. The van der Waals surface area contributed by atoms with Gasteiger partial charge in [0, 0.05) is 19.2 Å². The number of aromatic amines is 1. The number of nitrogens with two attached hydrogens (primary N) is 1. The molecule has 0 aliphatic rings. The van der Waals surface area contributed by atoms with E-state index in [2.05, 4.69) is 4.98 Å². The van der Waals surface area contributed by atoms with E-state index in [1.54, 1.807) is 4.90 Å². The van der Waals surface area contributed by atoms with Gasteiger partial charge in [0.2, 0.25) is 0 Å². The first-order valence-corrected chi connectivity index (χ1v) is 6.63. The van der Waals surface area contributed by atoms with Crippen molar-refractivity contribution in [3.8, 4) is 0 Å². The lowest BCUT2D eigenvalue weighted by molar-refractivity contribution is -0.389. The number of amides is 1. The van der Waals surface area contributed by atoms with Crippen LogP contribution in [-0.2, 0) is 0 Å². The molecule has 20 heavy (non-hydrogen) atoms. The van der Waals surface area contributed by atoms with Crippen LogP contribution >= 0.6 is 0 Å². The van der Waals surface area contributed by atoms with E-state index in [1.807, 2.05) is 20.8 Å². The average molecular weight is 282 g/mol. The van der Waals surface area contributed by atoms with Crippen LogP contribution in [0.1, 0.15) is 37.7 Å². The molecular formula is C13H22N4O3. The van der Waals surface area contributed by atoms with Crippen LogP contribution in [0.4, 0.5) is 5.82 Å². The largest absolute Gasteiger partial charge is 0.358 e. The summed E-state index contributed by atoms with van der Waals surface area (Å²) in [4.78, 5) is 26.7. The van der Waals surface area contributed by atoms with Crippen LogP contribution in [-0.4, -0.2) is 40.3 Å². The van der Waals surface area contributed by atoms with E-state index in [4.69, 9.17) is 5.73 Å². The zero-order valence-electron chi connectivity index (χ0n) is 12.2. The monoisotopic (exact) mass is 282 g/mol. The maximum Gasteiger partial charge on any atom is 0.321 e. The summed E-state index contributed by atoms with van der Waals surface area (Å²) in [5, 5.41) is 10.6. The number of nitrogens with one attached hydrogen (secondary N) is 1. The standard InChI is InChI=1S/C13H22N4O3/c1-4-7-16(9-13(2,3)8-14)12(18)10-5-6-11(15-10)17(19)20/h5-6,15H,4,7-9,14H2,1-3H3. The van der Waals surface area contributed by atoms with Crippen molar-refractivity contribution in [2.24, 2.45) is 11.1 Å². The molecule has 1 aromatic rings. The van der Waals surface area contributed by atoms with Gasteiger partial charge < -0.3 is 20.7 Å². The number of rotatable bonds is 7. The van der Waals surface area contributed by atoms with Gasteiger partial charge in [0.05, 0.1) is 0 Å². The Hall–Kier alpha value is -1.89. The summed E-state index contributed by atoms with van der Waals surface area (Å²) in [7, 11) is 0. The van der Waals surface area contributed by atoms with E-state index in [1.165, 1.54) is 12.1 Å². The number of nitro groups is 1. The SMILES string of the molecule is CCCN(CC(C)(C)CN)C(=O)c1ccc([N+](=O)[O-])[nH]1. The molecule has 0 aliphatic carbocycles. The van der Waals surface area contributed by atoms with Gasteiger partial charge in [0.15, 0.2) is 5.69 Å². The molecule has 112 valence electrons. The predicted molar refractivity (Wildman–Crippen MR) is 76.5 cm³/mol. The molecule has 0 fully saturated rings. The fourth-order valence-corrected chi connectivity index (χ4v) is 1.89. The molecule has 0 saturated heterocycles. The molecule has 0 aromatic carbocycles. The predicted octanol–water partition coefficient (Wildman–Crippen LogP) is 1.76. The van der Waals surface area contributed by atoms with Gasteiger partial charge in [-0.05, 0) is 29.4 Å². The smallest absolute Gasteiger partial charge is 0.321 e. The second kappa shape index (κ2) is 6.51. The summed E-state index contributed by atoms with van der Waals surface area (Å²) in [6.45, 7) is 7.52. The molecule has 0 atom stereocenters. The van der Waals surface area contributed by atoms with Crippen molar-refractivity contribution in [3.05, 3.63) is 27.9 Å². The number of H-pyrrole nitrogens is 1. The Bertz CT molecular complexity index is 482. The molecule has 1 aromatic heterocycles. The Kier molecular flexibility index (Phi) is 5.26. The highest BCUT2D eigenvalue weighted by molar-refractivity contribution is 5.93. The molecule has 7 heteroatoms. The van der Waals surface area contributed by atoms with Crippen LogP contribution < -0.4 is 5.73 Å². The molecule has 1 heterocycles. The number of carbonyl (C=O) groups is 1. The summed E-state index contributed by atoms with van der Waals surface area (Å²) in [6.07, 6.45) is 0.815. The van der Waals surface area contributed by atoms with Crippen molar-refractivity contribution in [2.45, 2.75) is 27.2 Å². The van der Waals surface area contributed by atoms with Crippen molar-refractivity contribution < 1.29 is 9.72 Å². The Morgan fingerprint density at radius 2 is 2.15 bits per heavy atom. The van der Waals surface area contributed by atoms with Gasteiger partial charge in [0.1, 0.15) is 0 Å². The van der Waals surface area contributed by atoms with Crippen molar-refractivity contribution in [2.75, 3.05) is 19.6 Å². The number of carbonyl (C=O) groups excluding carboxylic acids is 1. The fraction of sp³-hybridized carbons (Fsp3) is 0.615. The van der Waals surface area contributed by atoms with Gasteiger partial charge in [-0.25, -0.2) is 4.98 Å². The highest BCUT2D eigenvalue weighted by Crippen LogP contribution is 2.18. The summed E-state index contributed by atoms with van der Waals surface area (Å²) < 4.78 is 0. The quantitative estimate of drug-likeness (QED) is 0.587. The van der Waals surface area contributed by atoms with Crippen LogP contribution in [0.15, 0.2) is 12.1 Å². The second-order valence-electron chi connectivity index (χ2n) is 5.61. The van der Waals surface area contributed by atoms with Gasteiger partial charge in [-0.3, -0.25) is 4.79 Å². The van der Waals surface area contributed by atoms with Gasteiger partial charge in [0.25, 0.3) is 5.91 Å². The fourth-order valence-electron chi connectivity index (χ4n) is 1.89. The Morgan fingerprint density at radius 1 is 1.50 bits per heavy atom. The molecule has 0 unspecified atom stereocenters. The van der Waals surface area contributed by atoms with E-state index in [-0.39, 0.29) is 22.8 Å². The highest BCUT2D eigenvalue weighted by atomic mass is 16.6. The molecule has 0 spiro atoms. The molecule has 7 nitrogen and oxygen atoms in total. The summed E-state index contributed by atoms with van der Waals surface area (Å²) in [5.41, 5.74) is 5.74. The van der Waals surface area contributed by atoms with Crippen molar-refractivity contribution >= 4 is 11.7 Å². The van der Waals surface area contributed by atoms with Gasteiger partial charge in [-0.2, -0.15) is 0 Å². The zero-order valence-corrected chi connectivity index (χ0v) is 12.2. The maximum atomic E-state index is 12.4. The lowest BCUT2D eigenvalue weighted by atomic mass is 9.93. The van der Waals surface area contributed by atoms with Crippen LogP contribution in [0.25, 0.3) is 0 Å². The second-order valence-corrected chi connectivity index (χ2v) is 5.61. The zero-order chi connectivity index (χ0) is 15.3. The maximum absolute atomic E-state index is 12.4. The minimum Gasteiger partial charge on any atom is -0.358 e. The minimum atomic E-state index is -0.551. The third-order valence-electron chi connectivity index (χ3n) is 3.05. The van der Waals surface area contributed by atoms with E-state index >= 15 is 0 Å². The molecule has 3 N–H and O–H groups in total. The molecule has 0 aliphatic heterocycles.